The Labute approximate surface area is 632 Å². The van der Waals surface area contributed by atoms with Crippen molar-refractivity contribution < 1.29 is 80.2 Å². The number of rotatable bonds is 85. The van der Waals surface area contributed by atoms with E-state index in [1.807, 2.05) is 0 Å². The Hall–Kier alpha value is -1.94. The number of ether oxygens (including phenoxy) is 4. The van der Waals surface area contributed by atoms with Crippen LogP contribution in [-0.4, -0.2) is 96.7 Å². The molecule has 0 bridgehead atoms. The Morgan fingerprint density at radius 3 is 0.573 bits per heavy atom. The number of carbonyl (C=O) groups excluding carboxylic acids is 4. The first-order chi connectivity index (χ1) is 50.2. The molecule has 0 aromatic heterocycles. The summed E-state index contributed by atoms with van der Waals surface area (Å²) in [6.07, 6.45) is 72.1. The number of aliphatic hydroxyl groups is 1. The van der Waals surface area contributed by atoms with E-state index in [1.165, 1.54) is 289 Å². The van der Waals surface area contributed by atoms with Crippen LogP contribution in [-0.2, 0) is 65.4 Å². The van der Waals surface area contributed by atoms with Gasteiger partial charge in [0.15, 0.2) is 12.2 Å². The van der Waals surface area contributed by atoms with Crippen LogP contribution in [0.2, 0.25) is 0 Å². The van der Waals surface area contributed by atoms with Crippen molar-refractivity contribution >= 4 is 39.5 Å². The summed E-state index contributed by atoms with van der Waals surface area (Å²) in [6.45, 7) is 5.05. The van der Waals surface area contributed by atoms with Crippen molar-refractivity contribution in [2.45, 2.75) is 476 Å². The van der Waals surface area contributed by atoms with Crippen molar-refractivity contribution in [3.63, 3.8) is 0 Å². The van der Waals surface area contributed by atoms with Crippen molar-refractivity contribution in [3.8, 4) is 0 Å². The number of carbonyl (C=O) groups is 4. The van der Waals surface area contributed by atoms with E-state index in [0.29, 0.717) is 25.7 Å². The zero-order chi connectivity index (χ0) is 75.3. The molecule has 0 radical (unpaired) electrons. The van der Waals surface area contributed by atoms with E-state index in [0.717, 1.165) is 89.9 Å². The van der Waals surface area contributed by atoms with Crippen LogP contribution in [0.4, 0.5) is 0 Å². The van der Waals surface area contributed by atoms with E-state index < -0.39 is 97.5 Å². The van der Waals surface area contributed by atoms with Gasteiger partial charge in [-0.05, 0) is 25.7 Å². The quantitative estimate of drug-likeness (QED) is 0.0222. The number of hydrogen-bond donors (Lipinski definition) is 3. The van der Waals surface area contributed by atoms with E-state index in [2.05, 4.69) is 27.7 Å². The molecule has 3 N–H and O–H groups in total. The lowest BCUT2D eigenvalue weighted by Crippen LogP contribution is -2.30. The lowest BCUT2D eigenvalue weighted by molar-refractivity contribution is -0.161. The summed E-state index contributed by atoms with van der Waals surface area (Å²) in [5, 5.41) is 10.7. The van der Waals surface area contributed by atoms with Crippen LogP contribution >= 0.6 is 15.6 Å². The first kappa shape index (κ1) is 101. The molecule has 0 heterocycles. The molecule has 0 aromatic carbocycles. The molecule has 0 aromatic rings. The van der Waals surface area contributed by atoms with Crippen molar-refractivity contribution in [1.82, 2.24) is 0 Å². The van der Waals surface area contributed by atoms with E-state index in [9.17, 15) is 43.2 Å². The van der Waals surface area contributed by atoms with Gasteiger partial charge in [0, 0.05) is 25.7 Å². The van der Waals surface area contributed by atoms with Gasteiger partial charge in [-0.1, -0.05) is 407 Å². The van der Waals surface area contributed by atoms with E-state index in [4.69, 9.17) is 37.0 Å². The SMILES string of the molecule is CCCCCCCCCCCCCCCCCCCCCC(=O)OC[C@H](COP(=O)(O)OCC(O)COP(=O)(O)OC[C@@H](COC(=O)CCCCCCCCCCCCCC)OC(=O)CCCCCCCCCCCCCCC)OC(=O)CCCCCCCCCCCCCCCCCCCCC. The maximum atomic E-state index is 13.1. The molecule has 0 rings (SSSR count). The normalized spacial score (nSPS) is 13.7. The summed E-state index contributed by atoms with van der Waals surface area (Å²) >= 11 is 0. The van der Waals surface area contributed by atoms with Crippen molar-refractivity contribution in [2.24, 2.45) is 0 Å². The second kappa shape index (κ2) is 78.2. The van der Waals surface area contributed by atoms with E-state index in [1.54, 1.807) is 0 Å². The van der Waals surface area contributed by atoms with Gasteiger partial charge in [0.05, 0.1) is 26.4 Å². The molecule has 0 aliphatic carbocycles. The van der Waals surface area contributed by atoms with E-state index >= 15 is 0 Å². The van der Waals surface area contributed by atoms with Crippen LogP contribution in [0.5, 0.6) is 0 Å². The number of phosphoric ester groups is 2. The van der Waals surface area contributed by atoms with Crippen molar-refractivity contribution in [1.29, 1.82) is 0 Å². The molecule has 0 aliphatic heterocycles. The third kappa shape index (κ3) is 78.0. The zero-order valence-electron chi connectivity index (χ0n) is 67.3. The van der Waals surface area contributed by atoms with Crippen molar-refractivity contribution in [3.05, 3.63) is 0 Å². The highest BCUT2D eigenvalue weighted by Crippen LogP contribution is 2.45. The topological polar surface area (TPSA) is 237 Å². The Bertz CT molecular complexity index is 1950. The molecule has 0 fully saturated rings. The first-order valence-corrected chi connectivity index (χ1v) is 46.8. The molecule has 19 heteroatoms. The van der Waals surface area contributed by atoms with Crippen LogP contribution < -0.4 is 0 Å². The summed E-state index contributed by atoms with van der Waals surface area (Å²) in [6, 6.07) is 0. The standard InChI is InChI=1S/C84H164O17P2/c1-5-9-13-17-21-25-29-33-35-37-39-41-43-46-49-53-57-61-65-69-82(87)95-75-80(101-84(89)71-67-63-59-55-51-47-44-42-40-38-36-34-30-26-22-18-14-10-6-2)77-99-103(92,93)97-73-78(85)72-96-102(90,91)98-76-79(74-94-81(86)68-64-60-56-52-48-32-28-24-20-16-12-8-4)100-83(88)70-66-62-58-54-50-45-31-27-23-19-15-11-7-3/h78-80,85H,5-77H2,1-4H3,(H,90,91)(H,92,93)/t78?,79-,80-/m1/s1. The first-order valence-electron chi connectivity index (χ1n) is 43.8. The Morgan fingerprint density at radius 2 is 0.388 bits per heavy atom. The van der Waals surface area contributed by atoms with Crippen LogP contribution in [0.15, 0.2) is 0 Å². The summed E-state index contributed by atoms with van der Waals surface area (Å²) in [5.74, 6) is -2.10. The Morgan fingerprint density at radius 1 is 0.233 bits per heavy atom. The fourth-order valence-electron chi connectivity index (χ4n) is 13.2. The van der Waals surface area contributed by atoms with Crippen molar-refractivity contribution in [2.75, 3.05) is 39.6 Å². The van der Waals surface area contributed by atoms with Crippen LogP contribution in [0.3, 0.4) is 0 Å². The van der Waals surface area contributed by atoms with Gasteiger partial charge >= 0.3 is 39.5 Å². The Kier molecular flexibility index (Phi) is 76.7. The molecule has 0 saturated heterocycles. The van der Waals surface area contributed by atoms with Gasteiger partial charge in [-0.25, -0.2) is 9.13 Å². The molecule has 3 unspecified atom stereocenters. The van der Waals surface area contributed by atoms with Gasteiger partial charge in [-0.15, -0.1) is 0 Å². The number of aliphatic hydroxyl groups excluding tert-OH is 1. The third-order valence-corrected chi connectivity index (χ3v) is 21.8. The monoisotopic (exact) mass is 1510 g/mol. The zero-order valence-corrected chi connectivity index (χ0v) is 69.1. The number of unbranched alkanes of at least 4 members (excludes halogenated alkanes) is 59. The summed E-state index contributed by atoms with van der Waals surface area (Å²) in [4.78, 5) is 73.2. The van der Waals surface area contributed by atoms with Crippen LogP contribution in [0.25, 0.3) is 0 Å². The summed E-state index contributed by atoms with van der Waals surface area (Å²) in [7, 11) is -9.92. The summed E-state index contributed by atoms with van der Waals surface area (Å²) < 4.78 is 68.8. The fraction of sp³-hybridized carbons (Fsp3) is 0.952. The van der Waals surface area contributed by atoms with Gasteiger partial charge in [0.25, 0.3) is 0 Å². The largest absolute Gasteiger partial charge is 0.472 e. The molecule has 103 heavy (non-hydrogen) atoms. The lowest BCUT2D eigenvalue weighted by Gasteiger charge is -2.21. The molecular formula is C84H164O17P2. The number of esters is 4. The molecule has 0 spiro atoms. The summed E-state index contributed by atoms with van der Waals surface area (Å²) in [5.41, 5.74) is 0. The van der Waals surface area contributed by atoms with Gasteiger partial charge in [-0.2, -0.15) is 0 Å². The molecule has 5 atom stereocenters. The Balaban J connectivity index is 5.23. The minimum atomic E-state index is -4.96. The van der Waals surface area contributed by atoms with Gasteiger partial charge in [0.2, 0.25) is 0 Å². The minimum absolute atomic E-state index is 0.109. The average Bonchev–Trinajstić information content (AvgIpc) is 0.913. The molecule has 0 aliphatic rings. The molecule has 17 nitrogen and oxygen atoms in total. The number of phosphoric acid groups is 2. The maximum absolute atomic E-state index is 13.1. The second-order valence-corrected chi connectivity index (χ2v) is 33.1. The fourth-order valence-corrected chi connectivity index (χ4v) is 14.7. The lowest BCUT2D eigenvalue weighted by atomic mass is 10.0. The predicted octanol–water partition coefficient (Wildman–Crippen LogP) is 25.7. The molecule has 0 amide bonds. The van der Waals surface area contributed by atoms with Gasteiger partial charge in [0.1, 0.15) is 19.3 Å². The maximum Gasteiger partial charge on any atom is 0.472 e. The average molecular weight is 1510 g/mol. The number of hydrogen-bond acceptors (Lipinski definition) is 15. The highest BCUT2D eigenvalue weighted by molar-refractivity contribution is 7.47. The third-order valence-electron chi connectivity index (χ3n) is 19.9. The second-order valence-electron chi connectivity index (χ2n) is 30.2. The predicted molar refractivity (Wildman–Crippen MR) is 423 cm³/mol. The van der Waals surface area contributed by atoms with Crippen LogP contribution in [0, 0.1) is 0 Å². The smallest absolute Gasteiger partial charge is 0.462 e. The van der Waals surface area contributed by atoms with Gasteiger partial charge < -0.3 is 33.8 Å². The highest BCUT2D eigenvalue weighted by Gasteiger charge is 2.30. The molecule has 0 saturated carbocycles. The van der Waals surface area contributed by atoms with Gasteiger partial charge in [-0.3, -0.25) is 37.3 Å². The highest BCUT2D eigenvalue weighted by atomic mass is 31.2. The molecule has 612 valence electrons. The van der Waals surface area contributed by atoms with Crippen LogP contribution in [0.1, 0.15) is 458 Å². The minimum Gasteiger partial charge on any atom is -0.462 e. The van der Waals surface area contributed by atoms with E-state index in [-0.39, 0.29) is 25.7 Å². The molecular weight excluding hydrogens is 1340 g/mol.